The second-order valence-electron chi connectivity index (χ2n) is 5.40. The van der Waals surface area contributed by atoms with Gasteiger partial charge < -0.3 is 24.8 Å². The number of nitrogens with zero attached hydrogens (tertiary/aromatic N) is 2. The highest BCUT2D eigenvalue weighted by Crippen LogP contribution is 2.34. The molecule has 1 aliphatic rings. The molecule has 3 rings (SSSR count). The first-order valence-electron chi connectivity index (χ1n) is 8.12. The number of halogens is 1. The van der Waals surface area contributed by atoms with Crippen molar-refractivity contribution >= 4 is 41.3 Å². The van der Waals surface area contributed by atoms with Gasteiger partial charge in [-0.05, 0) is 19.1 Å². The molecule has 142 valence electrons. The SMILES string of the molecule is CN=C(NCCOc1ccc2c(c1)OCO2)NCCc1csc(C)n1.I. The first-order chi connectivity index (χ1) is 12.2. The zero-order valence-corrected chi connectivity index (χ0v) is 17.9. The molecule has 0 fully saturated rings. The van der Waals surface area contributed by atoms with Gasteiger partial charge in [0.1, 0.15) is 12.4 Å². The predicted molar refractivity (Wildman–Crippen MR) is 113 cm³/mol. The largest absolute Gasteiger partial charge is 0.492 e. The number of hydrogen-bond donors (Lipinski definition) is 2. The number of nitrogens with one attached hydrogen (secondary N) is 2. The Morgan fingerprint density at radius 2 is 2.08 bits per heavy atom. The van der Waals surface area contributed by atoms with E-state index < -0.39 is 0 Å². The molecule has 0 radical (unpaired) electrons. The lowest BCUT2D eigenvalue weighted by Gasteiger charge is -2.12. The molecule has 0 amide bonds. The Bertz CT molecular complexity index is 739. The molecule has 0 bridgehead atoms. The van der Waals surface area contributed by atoms with E-state index in [-0.39, 0.29) is 30.8 Å². The van der Waals surface area contributed by atoms with Crippen LogP contribution in [0, 0.1) is 6.92 Å². The van der Waals surface area contributed by atoms with Gasteiger partial charge in [-0.25, -0.2) is 4.98 Å². The van der Waals surface area contributed by atoms with Gasteiger partial charge in [-0.15, -0.1) is 35.3 Å². The number of thiazole rings is 1. The minimum Gasteiger partial charge on any atom is -0.492 e. The van der Waals surface area contributed by atoms with Crippen LogP contribution >= 0.6 is 35.3 Å². The number of guanidine groups is 1. The van der Waals surface area contributed by atoms with Crippen LogP contribution in [-0.2, 0) is 6.42 Å². The Kier molecular flexibility index (Phi) is 8.23. The molecule has 2 aromatic rings. The molecular weight excluding hydrogens is 467 g/mol. The minimum absolute atomic E-state index is 0. The van der Waals surface area contributed by atoms with Gasteiger partial charge in [0.2, 0.25) is 6.79 Å². The van der Waals surface area contributed by atoms with Gasteiger partial charge in [-0.1, -0.05) is 0 Å². The quantitative estimate of drug-likeness (QED) is 0.269. The molecule has 1 aliphatic heterocycles. The summed E-state index contributed by atoms with van der Waals surface area (Å²) in [6.07, 6.45) is 0.874. The van der Waals surface area contributed by atoms with Crippen molar-refractivity contribution in [1.29, 1.82) is 0 Å². The highest BCUT2D eigenvalue weighted by molar-refractivity contribution is 14.0. The molecule has 0 saturated heterocycles. The van der Waals surface area contributed by atoms with Crippen LogP contribution in [0.3, 0.4) is 0 Å². The third-order valence-electron chi connectivity index (χ3n) is 3.57. The summed E-state index contributed by atoms with van der Waals surface area (Å²) in [4.78, 5) is 8.65. The number of benzene rings is 1. The number of fused-ring (bicyclic) bond motifs is 1. The average molecular weight is 490 g/mol. The molecule has 0 unspecified atom stereocenters. The maximum absolute atomic E-state index is 5.71. The van der Waals surface area contributed by atoms with E-state index in [1.807, 2.05) is 25.1 Å². The van der Waals surface area contributed by atoms with E-state index in [0.717, 1.165) is 46.9 Å². The van der Waals surface area contributed by atoms with E-state index in [1.165, 1.54) is 0 Å². The summed E-state index contributed by atoms with van der Waals surface area (Å²) in [5, 5.41) is 9.68. The molecule has 9 heteroatoms. The van der Waals surface area contributed by atoms with Crippen molar-refractivity contribution in [2.24, 2.45) is 4.99 Å². The third-order valence-corrected chi connectivity index (χ3v) is 4.39. The number of hydrogen-bond acceptors (Lipinski definition) is 6. The van der Waals surface area contributed by atoms with Crippen molar-refractivity contribution in [2.45, 2.75) is 13.3 Å². The van der Waals surface area contributed by atoms with E-state index in [9.17, 15) is 0 Å². The number of rotatable bonds is 7. The first-order valence-corrected chi connectivity index (χ1v) is 9.00. The lowest BCUT2D eigenvalue weighted by Crippen LogP contribution is -2.40. The van der Waals surface area contributed by atoms with Crippen LogP contribution in [0.25, 0.3) is 0 Å². The van der Waals surface area contributed by atoms with Crippen molar-refractivity contribution in [3.05, 3.63) is 34.3 Å². The molecule has 26 heavy (non-hydrogen) atoms. The van der Waals surface area contributed by atoms with E-state index in [2.05, 4.69) is 26.0 Å². The zero-order chi connectivity index (χ0) is 17.5. The number of aromatic nitrogens is 1. The van der Waals surface area contributed by atoms with E-state index >= 15 is 0 Å². The second kappa shape index (κ2) is 10.4. The number of ether oxygens (including phenoxy) is 3. The fraction of sp³-hybridized carbons (Fsp3) is 0.412. The first kappa shape index (κ1) is 20.6. The summed E-state index contributed by atoms with van der Waals surface area (Å²) in [6, 6.07) is 5.56. The summed E-state index contributed by atoms with van der Waals surface area (Å²) in [6.45, 7) is 4.23. The summed E-state index contributed by atoms with van der Waals surface area (Å²) in [7, 11) is 1.75. The number of aryl methyl sites for hydroxylation is 1. The Labute approximate surface area is 174 Å². The second-order valence-corrected chi connectivity index (χ2v) is 6.46. The summed E-state index contributed by atoms with van der Waals surface area (Å²) in [5.41, 5.74) is 1.11. The van der Waals surface area contributed by atoms with Crippen molar-refractivity contribution in [3.63, 3.8) is 0 Å². The topological polar surface area (TPSA) is 77.0 Å². The monoisotopic (exact) mass is 490 g/mol. The fourth-order valence-electron chi connectivity index (χ4n) is 2.36. The smallest absolute Gasteiger partial charge is 0.231 e. The lowest BCUT2D eigenvalue weighted by atomic mass is 10.3. The number of aliphatic imine (C=N–C) groups is 1. The summed E-state index contributed by atoms with van der Waals surface area (Å²) in [5.74, 6) is 2.99. The molecule has 2 heterocycles. The maximum atomic E-state index is 5.71. The van der Waals surface area contributed by atoms with E-state index in [4.69, 9.17) is 14.2 Å². The van der Waals surface area contributed by atoms with E-state index in [0.29, 0.717) is 13.2 Å². The molecule has 1 aromatic carbocycles. The molecule has 0 saturated carbocycles. The van der Waals surface area contributed by atoms with Crippen molar-refractivity contribution < 1.29 is 14.2 Å². The Balaban J connectivity index is 0.00000243. The van der Waals surface area contributed by atoms with Crippen molar-refractivity contribution in [1.82, 2.24) is 15.6 Å². The van der Waals surface area contributed by atoms with Gasteiger partial charge in [0, 0.05) is 31.5 Å². The normalized spacial score (nSPS) is 12.5. The fourth-order valence-corrected chi connectivity index (χ4v) is 3.00. The Hall–Kier alpha value is -1.75. The van der Waals surface area contributed by atoms with Crippen LogP contribution in [0.1, 0.15) is 10.7 Å². The van der Waals surface area contributed by atoms with E-state index in [1.54, 1.807) is 18.4 Å². The zero-order valence-electron chi connectivity index (χ0n) is 14.8. The molecule has 2 N–H and O–H groups in total. The average Bonchev–Trinajstić information content (AvgIpc) is 3.25. The van der Waals surface area contributed by atoms with Gasteiger partial charge in [0.15, 0.2) is 17.5 Å². The molecule has 7 nitrogen and oxygen atoms in total. The Morgan fingerprint density at radius 3 is 2.85 bits per heavy atom. The van der Waals surface area contributed by atoms with Crippen molar-refractivity contribution in [3.8, 4) is 17.2 Å². The van der Waals surface area contributed by atoms with Gasteiger partial charge >= 0.3 is 0 Å². The van der Waals surface area contributed by atoms with Crippen LogP contribution in [-0.4, -0.2) is 44.5 Å². The van der Waals surface area contributed by atoms with Gasteiger partial charge in [-0.3, -0.25) is 4.99 Å². The molecule has 0 spiro atoms. The molecule has 1 aromatic heterocycles. The standard InChI is InChI=1S/C17H22N4O3S.HI/c1-12-21-13(10-25-12)5-6-19-17(18-2)20-7-8-22-14-3-4-15-16(9-14)24-11-23-15;/h3-4,9-10H,5-8,11H2,1-2H3,(H2,18,19,20);1H. The highest BCUT2D eigenvalue weighted by Gasteiger charge is 2.13. The van der Waals surface area contributed by atoms with Crippen molar-refractivity contribution in [2.75, 3.05) is 33.5 Å². The Morgan fingerprint density at radius 1 is 1.27 bits per heavy atom. The van der Waals surface area contributed by atoms with Crippen LogP contribution in [0.2, 0.25) is 0 Å². The predicted octanol–water partition coefficient (Wildman–Crippen LogP) is 2.58. The van der Waals surface area contributed by atoms with Gasteiger partial charge in [0.25, 0.3) is 0 Å². The summed E-state index contributed by atoms with van der Waals surface area (Å²) < 4.78 is 16.3. The molecule has 0 atom stereocenters. The van der Waals surface area contributed by atoms with Crippen LogP contribution in [0.5, 0.6) is 17.2 Å². The van der Waals surface area contributed by atoms with Crippen LogP contribution in [0.15, 0.2) is 28.6 Å². The maximum Gasteiger partial charge on any atom is 0.231 e. The van der Waals surface area contributed by atoms with Crippen LogP contribution < -0.4 is 24.8 Å². The van der Waals surface area contributed by atoms with Gasteiger partial charge in [0.05, 0.1) is 17.2 Å². The molecule has 0 aliphatic carbocycles. The van der Waals surface area contributed by atoms with Gasteiger partial charge in [-0.2, -0.15) is 0 Å². The molecular formula is C17H23IN4O3S. The minimum atomic E-state index is 0. The third kappa shape index (κ3) is 5.90. The lowest BCUT2D eigenvalue weighted by molar-refractivity contribution is 0.173. The summed E-state index contributed by atoms with van der Waals surface area (Å²) >= 11 is 1.67. The highest BCUT2D eigenvalue weighted by atomic mass is 127. The van der Waals surface area contributed by atoms with Crippen LogP contribution in [0.4, 0.5) is 0 Å².